The van der Waals surface area contributed by atoms with E-state index in [4.69, 9.17) is 9.47 Å². The normalized spacial score (nSPS) is 32.8. The maximum Gasteiger partial charge on any atom is 0.312 e. The first-order valence-electron chi connectivity index (χ1n) is 13.9. The van der Waals surface area contributed by atoms with E-state index in [2.05, 4.69) is 20.1 Å². The third-order valence-corrected chi connectivity index (χ3v) is 8.75. The topological polar surface area (TPSA) is 96.4 Å². The Morgan fingerprint density at radius 3 is 2.65 bits per heavy atom. The van der Waals surface area contributed by atoms with Crippen molar-refractivity contribution in [2.24, 2.45) is 17.8 Å². The van der Waals surface area contributed by atoms with Crippen molar-refractivity contribution in [3.05, 3.63) is 25.3 Å². The van der Waals surface area contributed by atoms with Gasteiger partial charge in [-0.2, -0.15) is 0 Å². The van der Waals surface area contributed by atoms with E-state index in [0.29, 0.717) is 19.4 Å². The lowest BCUT2D eigenvalue weighted by Gasteiger charge is -2.39. The monoisotopic (exact) mass is 518 g/mol. The van der Waals surface area contributed by atoms with E-state index in [1.807, 2.05) is 26.8 Å². The van der Waals surface area contributed by atoms with Gasteiger partial charge in [-0.3, -0.25) is 14.4 Å². The minimum atomic E-state index is -1.10. The number of aliphatic hydroxyl groups excluding tert-OH is 1. The Bertz CT molecular complexity index is 876. The van der Waals surface area contributed by atoms with Crippen molar-refractivity contribution in [3.8, 4) is 0 Å². The molecule has 0 aromatic heterocycles. The maximum atomic E-state index is 14.3. The molecule has 0 saturated carbocycles. The first kappa shape index (κ1) is 29.4. The van der Waals surface area contributed by atoms with Crippen LogP contribution in [-0.2, 0) is 23.9 Å². The number of hydrogen-bond donors (Lipinski definition) is 1. The molecule has 0 aromatic rings. The summed E-state index contributed by atoms with van der Waals surface area (Å²) in [7, 11) is 0. The number of likely N-dealkylation sites (tertiary alicyclic amines) is 1. The Morgan fingerprint density at radius 2 is 2.03 bits per heavy atom. The molecule has 0 aromatic carbocycles. The predicted molar refractivity (Wildman–Crippen MR) is 141 cm³/mol. The van der Waals surface area contributed by atoms with E-state index in [9.17, 15) is 19.5 Å². The van der Waals surface area contributed by atoms with Gasteiger partial charge in [-0.1, -0.05) is 32.4 Å². The second kappa shape index (κ2) is 12.1. The molecule has 7 atom stereocenters. The molecule has 208 valence electrons. The summed E-state index contributed by atoms with van der Waals surface area (Å²) in [6.45, 7) is 16.3. The smallest absolute Gasteiger partial charge is 0.312 e. The summed E-state index contributed by atoms with van der Waals surface area (Å²) in [5.74, 6) is -2.45. The number of rotatable bonds is 15. The van der Waals surface area contributed by atoms with Gasteiger partial charge in [0.25, 0.3) is 0 Å². The van der Waals surface area contributed by atoms with Crippen molar-refractivity contribution >= 4 is 17.8 Å². The Labute approximate surface area is 222 Å². The average Bonchev–Trinajstić information content (AvgIpc) is 3.37. The lowest BCUT2D eigenvalue weighted by atomic mass is 9.62. The summed E-state index contributed by atoms with van der Waals surface area (Å²) < 4.78 is 12.4. The fourth-order valence-electron chi connectivity index (χ4n) is 6.87. The van der Waals surface area contributed by atoms with Gasteiger partial charge in [-0.25, -0.2) is 0 Å². The third-order valence-electron chi connectivity index (χ3n) is 8.75. The van der Waals surface area contributed by atoms with E-state index in [0.717, 1.165) is 32.1 Å². The van der Waals surface area contributed by atoms with Gasteiger partial charge in [0.15, 0.2) is 0 Å². The van der Waals surface area contributed by atoms with Gasteiger partial charge >= 0.3 is 5.97 Å². The number of carbonyl (C=O) groups excluding carboxylic acids is 3. The van der Waals surface area contributed by atoms with E-state index in [1.54, 1.807) is 15.9 Å². The number of fused-ring (bicyclic) bond motifs is 1. The van der Waals surface area contributed by atoms with Crippen LogP contribution in [0.1, 0.15) is 72.6 Å². The van der Waals surface area contributed by atoms with Crippen molar-refractivity contribution in [2.75, 3.05) is 26.3 Å². The minimum Gasteiger partial charge on any atom is -0.465 e. The lowest BCUT2D eigenvalue weighted by molar-refractivity contribution is -0.162. The first-order chi connectivity index (χ1) is 17.6. The molecule has 8 nitrogen and oxygen atoms in total. The van der Waals surface area contributed by atoms with Gasteiger partial charge in [0, 0.05) is 25.7 Å². The zero-order valence-corrected chi connectivity index (χ0v) is 23.1. The molecule has 37 heavy (non-hydrogen) atoms. The van der Waals surface area contributed by atoms with Gasteiger partial charge in [0.2, 0.25) is 11.8 Å². The summed E-state index contributed by atoms with van der Waals surface area (Å²) in [4.78, 5) is 45.1. The molecule has 3 aliphatic heterocycles. The van der Waals surface area contributed by atoms with Crippen LogP contribution in [0.15, 0.2) is 25.3 Å². The molecule has 3 heterocycles. The highest BCUT2D eigenvalue weighted by atomic mass is 16.6. The van der Waals surface area contributed by atoms with E-state index in [1.165, 1.54) is 0 Å². The van der Waals surface area contributed by atoms with Gasteiger partial charge < -0.3 is 24.4 Å². The predicted octanol–water partition coefficient (Wildman–Crippen LogP) is 3.48. The Kier molecular flexibility index (Phi) is 9.62. The second-order valence-corrected chi connectivity index (χ2v) is 11.2. The van der Waals surface area contributed by atoms with Crippen molar-refractivity contribution in [3.63, 3.8) is 0 Å². The number of carbonyl (C=O) groups is 3. The highest BCUT2D eigenvalue weighted by Crippen LogP contribution is 2.65. The number of unbranched alkanes of at least 4 members (excludes halogenated alkanes) is 2. The number of amides is 2. The largest absolute Gasteiger partial charge is 0.465 e. The van der Waals surface area contributed by atoms with Gasteiger partial charge in [-0.15, -0.1) is 13.2 Å². The standard InChI is InChI=1S/C29H46N2O6/c1-7-10-11-12-18-36-27(35)23-22-25(33)31(16-13-17-32)24(29(22)19-20(4)28(23,6)37-29)26(34)30(15-9-3)21(5)14-8-2/h7,9,20-24,32H,1,3,8,10-19H2,2,4-6H3/t20?,21?,22-,23+,24?,28-,29?/m0/s1. The molecule has 1 spiro atoms. The van der Waals surface area contributed by atoms with Crippen LogP contribution in [-0.4, -0.2) is 82.3 Å². The molecule has 8 heteroatoms. The summed E-state index contributed by atoms with van der Waals surface area (Å²) in [6.07, 6.45) is 8.58. The zero-order chi connectivity index (χ0) is 27.4. The molecule has 1 N–H and O–H groups in total. The van der Waals surface area contributed by atoms with Crippen molar-refractivity contribution < 1.29 is 29.0 Å². The van der Waals surface area contributed by atoms with Crippen molar-refractivity contribution in [1.82, 2.24) is 9.80 Å². The molecule has 3 rings (SSSR count). The highest BCUT2D eigenvalue weighted by molar-refractivity contribution is 5.98. The summed E-state index contributed by atoms with van der Waals surface area (Å²) >= 11 is 0. The van der Waals surface area contributed by atoms with Crippen LogP contribution in [0.2, 0.25) is 0 Å². The molecule has 4 unspecified atom stereocenters. The Hall–Kier alpha value is -2.19. The van der Waals surface area contributed by atoms with Gasteiger partial charge in [0.05, 0.1) is 18.1 Å². The molecule has 3 saturated heterocycles. The number of hydrogen-bond acceptors (Lipinski definition) is 6. The molecule has 2 bridgehead atoms. The van der Waals surface area contributed by atoms with Crippen LogP contribution < -0.4 is 0 Å². The van der Waals surface area contributed by atoms with Crippen LogP contribution in [0.3, 0.4) is 0 Å². The number of esters is 1. The number of ether oxygens (including phenoxy) is 2. The fourth-order valence-corrected chi connectivity index (χ4v) is 6.87. The third kappa shape index (κ3) is 5.11. The number of aliphatic hydroxyl groups is 1. The second-order valence-electron chi connectivity index (χ2n) is 11.2. The molecule has 3 aliphatic rings. The molecule has 3 fully saturated rings. The van der Waals surface area contributed by atoms with Crippen LogP contribution in [0.5, 0.6) is 0 Å². The Morgan fingerprint density at radius 1 is 1.30 bits per heavy atom. The number of nitrogens with zero attached hydrogens (tertiary/aromatic N) is 2. The van der Waals surface area contributed by atoms with Crippen LogP contribution in [0.25, 0.3) is 0 Å². The Balaban J connectivity index is 1.99. The molecule has 2 amide bonds. The average molecular weight is 519 g/mol. The first-order valence-corrected chi connectivity index (χ1v) is 13.9. The highest BCUT2D eigenvalue weighted by Gasteiger charge is 2.80. The SMILES string of the molecule is C=CCCCCOC(=O)[C@H]1[C@H]2C(=O)N(CCCO)C(C(=O)N(CC=C)C(C)CCC)C23CC(C)[C@]1(C)O3. The number of allylic oxidation sites excluding steroid dienone is 1. The fraction of sp³-hybridized carbons (Fsp3) is 0.759. The van der Waals surface area contributed by atoms with Gasteiger partial charge in [-0.05, 0) is 58.3 Å². The van der Waals surface area contributed by atoms with Crippen LogP contribution in [0.4, 0.5) is 0 Å². The molecular formula is C29H46N2O6. The minimum absolute atomic E-state index is 0.0381. The zero-order valence-electron chi connectivity index (χ0n) is 23.1. The summed E-state index contributed by atoms with van der Waals surface area (Å²) in [5.41, 5.74) is -1.99. The lowest BCUT2D eigenvalue weighted by Crippen LogP contribution is -2.58. The van der Waals surface area contributed by atoms with Crippen molar-refractivity contribution in [1.29, 1.82) is 0 Å². The quantitative estimate of drug-likeness (QED) is 0.203. The van der Waals surface area contributed by atoms with Crippen LogP contribution in [0, 0.1) is 17.8 Å². The molecule has 0 radical (unpaired) electrons. The summed E-state index contributed by atoms with van der Waals surface area (Å²) in [5, 5.41) is 9.55. The molecule has 0 aliphatic carbocycles. The summed E-state index contributed by atoms with van der Waals surface area (Å²) in [6, 6.07) is -0.894. The van der Waals surface area contributed by atoms with E-state index < -0.39 is 35.0 Å². The molecular weight excluding hydrogens is 472 g/mol. The van der Waals surface area contributed by atoms with E-state index >= 15 is 0 Å². The van der Waals surface area contributed by atoms with E-state index in [-0.39, 0.29) is 43.5 Å². The van der Waals surface area contributed by atoms with Gasteiger partial charge in [0.1, 0.15) is 17.6 Å². The van der Waals surface area contributed by atoms with Crippen LogP contribution >= 0.6 is 0 Å². The van der Waals surface area contributed by atoms with Crippen molar-refractivity contribution in [2.45, 2.75) is 95.9 Å². The maximum absolute atomic E-state index is 14.3.